The molecule has 0 atom stereocenters. The van der Waals surface area contributed by atoms with Crippen LogP contribution in [-0.4, -0.2) is 40.7 Å². The number of aromatic nitrogens is 3. The molecule has 1 aliphatic heterocycles. The van der Waals surface area contributed by atoms with Crippen molar-refractivity contribution in [3.63, 3.8) is 0 Å². The summed E-state index contributed by atoms with van der Waals surface area (Å²) < 4.78 is 12.9. The van der Waals surface area contributed by atoms with Gasteiger partial charge in [0, 0.05) is 36.7 Å². The molecule has 1 saturated heterocycles. The van der Waals surface area contributed by atoms with E-state index in [1.807, 2.05) is 24.5 Å². The number of hydrogen-bond acceptors (Lipinski definition) is 6. The van der Waals surface area contributed by atoms with Crippen LogP contribution in [0.15, 0.2) is 65.7 Å². The van der Waals surface area contributed by atoms with E-state index in [9.17, 15) is 0 Å². The second kappa shape index (κ2) is 7.36. The number of nitrogens with zero attached hydrogens (tertiary/aromatic N) is 4. The molecule has 0 radical (unpaired) electrons. The molecule has 7 nitrogen and oxygen atoms in total. The van der Waals surface area contributed by atoms with Gasteiger partial charge in [0.15, 0.2) is 11.5 Å². The van der Waals surface area contributed by atoms with Crippen molar-refractivity contribution in [2.45, 2.75) is 6.54 Å². The zero-order chi connectivity index (χ0) is 18.8. The molecule has 28 heavy (non-hydrogen) atoms. The van der Waals surface area contributed by atoms with Crippen LogP contribution in [0, 0.1) is 0 Å². The van der Waals surface area contributed by atoms with Gasteiger partial charge in [-0.25, -0.2) is 9.97 Å². The Bertz CT molecular complexity index is 1050. The molecule has 1 fully saturated rings. The lowest BCUT2D eigenvalue weighted by atomic mass is 10.1. The van der Waals surface area contributed by atoms with Gasteiger partial charge >= 0.3 is 0 Å². The maximum atomic E-state index is 5.44. The van der Waals surface area contributed by atoms with E-state index in [0.29, 0.717) is 6.54 Å². The Hall–Kier alpha value is -3.32. The van der Waals surface area contributed by atoms with Crippen LogP contribution in [0.3, 0.4) is 0 Å². The summed E-state index contributed by atoms with van der Waals surface area (Å²) in [7, 11) is 0. The highest BCUT2D eigenvalue weighted by Gasteiger charge is 2.13. The summed E-state index contributed by atoms with van der Waals surface area (Å²) in [6.45, 7) is 4.01. The maximum Gasteiger partial charge on any atom is 0.180 e. The lowest BCUT2D eigenvalue weighted by molar-refractivity contribution is 0.122. The van der Waals surface area contributed by atoms with Crippen molar-refractivity contribution >= 4 is 17.2 Å². The summed E-state index contributed by atoms with van der Waals surface area (Å²) in [5, 5.41) is 3.30. The molecule has 4 heterocycles. The summed E-state index contributed by atoms with van der Waals surface area (Å²) in [5.74, 6) is 1.59. The zero-order valence-electron chi connectivity index (χ0n) is 15.4. The fourth-order valence-corrected chi connectivity index (χ4v) is 3.51. The molecule has 0 bridgehead atoms. The Morgan fingerprint density at radius 1 is 1.04 bits per heavy atom. The number of rotatable bonds is 5. The Labute approximate surface area is 162 Å². The van der Waals surface area contributed by atoms with Gasteiger partial charge in [-0.15, -0.1) is 0 Å². The largest absolute Gasteiger partial charge is 0.467 e. The first-order valence-electron chi connectivity index (χ1n) is 9.40. The second-order valence-corrected chi connectivity index (χ2v) is 6.69. The van der Waals surface area contributed by atoms with Crippen LogP contribution in [0.5, 0.6) is 0 Å². The lowest BCUT2D eigenvalue weighted by Gasteiger charge is -2.28. The van der Waals surface area contributed by atoms with Gasteiger partial charge < -0.3 is 19.4 Å². The second-order valence-electron chi connectivity index (χ2n) is 6.69. The monoisotopic (exact) mass is 375 g/mol. The van der Waals surface area contributed by atoms with Crippen molar-refractivity contribution in [2.75, 3.05) is 36.5 Å². The van der Waals surface area contributed by atoms with Crippen molar-refractivity contribution < 1.29 is 9.15 Å². The Balaban J connectivity index is 1.40. The van der Waals surface area contributed by atoms with Gasteiger partial charge in [-0.1, -0.05) is 12.1 Å². The molecule has 142 valence electrons. The first kappa shape index (κ1) is 16.8. The Morgan fingerprint density at radius 2 is 1.89 bits per heavy atom. The van der Waals surface area contributed by atoms with Crippen molar-refractivity contribution in [2.24, 2.45) is 0 Å². The van der Waals surface area contributed by atoms with Crippen molar-refractivity contribution in [3.8, 4) is 11.3 Å². The highest BCUT2D eigenvalue weighted by molar-refractivity contribution is 5.71. The third kappa shape index (κ3) is 3.20. The number of benzene rings is 1. The summed E-state index contributed by atoms with van der Waals surface area (Å²) in [6.07, 6.45) is 7.27. The molecule has 1 N–H and O–H groups in total. The molecule has 7 heteroatoms. The van der Waals surface area contributed by atoms with Gasteiger partial charge in [-0.3, -0.25) is 4.40 Å². The van der Waals surface area contributed by atoms with Crippen LogP contribution in [0.4, 0.5) is 11.5 Å². The molecule has 1 aliphatic rings. The summed E-state index contributed by atoms with van der Waals surface area (Å²) in [6, 6.07) is 12.4. The van der Waals surface area contributed by atoms with Gasteiger partial charge in [0.1, 0.15) is 5.76 Å². The van der Waals surface area contributed by atoms with E-state index in [-0.39, 0.29) is 0 Å². The topological polar surface area (TPSA) is 67.8 Å². The van der Waals surface area contributed by atoms with Crippen LogP contribution >= 0.6 is 0 Å². The van der Waals surface area contributed by atoms with Crippen LogP contribution < -0.4 is 10.2 Å². The number of fused-ring (bicyclic) bond motifs is 1. The maximum absolute atomic E-state index is 5.44. The number of ether oxygens (including phenoxy) is 1. The lowest BCUT2D eigenvalue weighted by Crippen LogP contribution is -2.36. The molecule has 5 rings (SSSR count). The number of nitrogens with one attached hydrogen (secondary N) is 1. The van der Waals surface area contributed by atoms with Crippen molar-refractivity contribution in [1.82, 2.24) is 14.4 Å². The fraction of sp³-hybridized carbons (Fsp3) is 0.238. The number of furan rings is 1. The third-order valence-electron chi connectivity index (χ3n) is 4.98. The minimum Gasteiger partial charge on any atom is -0.467 e. The fourth-order valence-electron chi connectivity index (χ4n) is 3.51. The van der Waals surface area contributed by atoms with E-state index in [1.165, 1.54) is 5.69 Å². The normalized spacial score (nSPS) is 14.5. The van der Waals surface area contributed by atoms with E-state index in [0.717, 1.165) is 54.8 Å². The average Bonchev–Trinajstić information content (AvgIpc) is 3.43. The first-order chi connectivity index (χ1) is 13.9. The highest BCUT2D eigenvalue weighted by Crippen LogP contribution is 2.26. The molecule has 0 aliphatic carbocycles. The smallest absolute Gasteiger partial charge is 0.180 e. The molecule has 1 aromatic carbocycles. The predicted octanol–water partition coefficient (Wildman–Crippen LogP) is 3.44. The minimum atomic E-state index is 0.566. The van der Waals surface area contributed by atoms with Crippen LogP contribution in [0.25, 0.3) is 16.9 Å². The molecule has 4 aromatic rings. The molecule has 0 unspecified atom stereocenters. The number of hydrogen-bond donors (Lipinski definition) is 1. The van der Waals surface area contributed by atoms with Gasteiger partial charge in [-0.05, 0) is 24.3 Å². The quantitative estimate of drug-likeness (QED) is 0.576. The zero-order valence-corrected chi connectivity index (χ0v) is 15.4. The molecule has 0 amide bonds. The van der Waals surface area contributed by atoms with E-state index < -0.39 is 0 Å². The van der Waals surface area contributed by atoms with E-state index >= 15 is 0 Å². The molecule has 3 aromatic heterocycles. The first-order valence-corrected chi connectivity index (χ1v) is 9.40. The number of imidazole rings is 1. The molecular weight excluding hydrogens is 354 g/mol. The van der Waals surface area contributed by atoms with Crippen molar-refractivity contribution in [3.05, 3.63) is 67.0 Å². The van der Waals surface area contributed by atoms with E-state index in [2.05, 4.69) is 48.9 Å². The number of anilines is 2. The van der Waals surface area contributed by atoms with Gasteiger partial charge in [-0.2, -0.15) is 0 Å². The average molecular weight is 375 g/mol. The van der Waals surface area contributed by atoms with Gasteiger partial charge in [0.25, 0.3) is 0 Å². The van der Waals surface area contributed by atoms with Crippen molar-refractivity contribution in [1.29, 1.82) is 0 Å². The Kier molecular flexibility index (Phi) is 4.42. The molecule has 0 saturated carbocycles. The molecule has 0 spiro atoms. The summed E-state index contributed by atoms with van der Waals surface area (Å²) in [5.41, 5.74) is 4.17. The van der Waals surface area contributed by atoms with Crippen LogP contribution in [-0.2, 0) is 11.3 Å². The highest BCUT2D eigenvalue weighted by atomic mass is 16.5. The molecular formula is C21H21N5O2. The van der Waals surface area contributed by atoms with E-state index in [4.69, 9.17) is 9.15 Å². The van der Waals surface area contributed by atoms with E-state index in [1.54, 1.807) is 12.5 Å². The van der Waals surface area contributed by atoms with Gasteiger partial charge in [0.05, 0.1) is 37.9 Å². The minimum absolute atomic E-state index is 0.566. The SMILES string of the molecule is c1coc(CNc2nccn3c(-c4ccc(N5CCOCC5)cc4)cnc23)c1. The third-order valence-corrected chi connectivity index (χ3v) is 4.98. The summed E-state index contributed by atoms with van der Waals surface area (Å²) >= 11 is 0. The van der Waals surface area contributed by atoms with Crippen LogP contribution in [0.2, 0.25) is 0 Å². The predicted molar refractivity (Wildman–Crippen MR) is 107 cm³/mol. The summed E-state index contributed by atoms with van der Waals surface area (Å²) in [4.78, 5) is 11.4. The Morgan fingerprint density at radius 3 is 2.68 bits per heavy atom. The van der Waals surface area contributed by atoms with Crippen LogP contribution in [0.1, 0.15) is 5.76 Å². The van der Waals surface area contributed by atoms with Gasteiger partial charge in [0.2, 0.25) is 0 Å². The standard InChI is InChI=1S/C21H21N5O2/c1-2-18(28-11-1)14-23-20-21-24-15-19(26(21)8-7-22-20)16-3-5-17(6-4-16)25-9-12-27-13-10-25/h1-8,11,15H,9-10,12-14H2,(H,22,23). The number of morpholine rings is 1.